The van der Waals surface area contributed by atoms with E-state index in [1.54, 1.807) is 0 Å². The second-order valence-electron chi connectivity index (χ2n) is 12.9. The van der Waals surface area contributed by atoms with Crippen LogP contribution in [0.2, 0.25) is 0 Å². The zero-order valence-electron chi connectivity index (χ0n) is 23.3. The molecule has 0 spiro atoms. The van der Waals surface area contributed by atoms with Crippen LogP contribution in [0.1, 0.15) is 93.0 Å². The van der Waals surface area contributed by atoms with Crippen molar-refractivity contribution in [1.82, 2.24) is 0 Å². The van der Waals surface area contributed by atoms with Gasteiger partial charge in [-0.15, -0.1) is 5.92 Å². The minimum atomic E-state index is -0.0538. The van der Waals surface area contributed by atoms with Crippen molar-refractivity contribution in [2.24, 2.45) is 0 Å². The molecule has 182 valence electrons. The van der Waals surface area contributed by atoms with Gasteiger partial charge in [-0.2, -0.15) is 0 Å². The van der Waals surface area contributed by atoms with E-state index in [1.807, 2.05) is 6.92 Å². The maximum Gasteiger partial charge on any atom is 0.0248 e. The predicted molar refractivity (Wildman–Crippen MR) is 156 cm³/mol. The van der Waals surface area contributed by atoms with Crippen molar-refractivity contribution in [3.63, 3.8) is 0 Å². The van der Waals surface area contributed by atoms with Crippen LogP contribution in [-0.2, 0) is 16.2 Å². The van der Waals surface area contributed by atoms with Crippen molar-refractivity contribution in [2.45, 2.75) is 71.6 Å². The molecule has 4 aromatic rings. The Morgan fingerprint density at radius 1 is 0.459 bits per heavy atom. The van der Waals surface area contributed by atoms with Gasteiger partial charge in [0.15, 0.2) is 0 Å². The zero-order valence-corrected chi connectivity index (χ0v) is 23.3. The van der Waals surface area contributed by atoms with Crippen molar-refractivity contribution >= 4 is 0 Å². The lowest BCUT2D eigenvalue weighted by atomic mass is 9.78. The van der Waals surface area contributed by atoms with Crippen LogP contribution in [-0.4, -0.2) is 0 Å². The second kappa shape index (κ2) is 6.85. The summed E-state index contributed by atoms with van der Waals surface area (Å²) in [6, 6.07) is 23.9. The van der Waals surface area contributed by atoms with Gasteiger partial charge in [0.2, 0.25) is 0 Å². The molecule has 0 radical (unpaired) electrons. The highest BCUT2D eigenvalue weighted by molar-refractivity contribution is 5.93. The molecule has 0 fully saturated rings. The van der Waals surface area contributed by atoms with E-state index < -0.39 is 0 Å². The van der Waals surface area contributed by atoms with Gasteiger partial charge in [-0.25, -0.2) is 0 Å². The van der Waals surface area contributed by atoms with Gasteiger partial charge in [-0.1, -0.05) is 77.3 Å². The summed E-state index contributed by atoms with van der Waals surface area (Å²) >= 11 is 0. The lowest BCUT2D eigenvalue weighted by Gasteiger charge is -2.25. The number of benzene rings is 4. The zero-order chi connectivity index (χ0) is 26.1. The SMILES string of the molecule is CC#Cc1ccc2c(c1)C(C)(C)c1cc3c(cc1-2)C(C)(C)c1cc2c(cc1-3)C(C)(C)c1cc(C)ccc1-2. The first-order valence-electron chi connectivity index (χ1n) is 13.5. The van der Waals surface area contributed by atoms with Crippen LogP contribution in [0.3, 0.4) is 0 Å². The fourth-order valence-electron chi connectivity index (χ4n) is 7.52. The molecule has 7 rings (SSSR count). The molecular formula is C37H34. The molecule has 4 aromatic carbocycles. The minimum Gasteiger partial charge on any atom is -0.101 e. The normalized spacial score (nSPS) is 17.6. The summed E-state index contributed by atoms with van der Waals surface area (Å²) in [4.78, 5) is 0. The van der Waals surface area contributed by atoms with Crippen LogP contribution in [0.25, 0.3) is 33.4 Å². The third-order valence-corrected chi connectivity index (χ3v) is 9.69. The Morgan fingerprint density at radius 2 is 0.838 bits per heavy atom. The summed E-state index contributed by atoms with van der Waals surface area (Å²) < 4.78 is 0. The van der Waals surface area contributed by atoms with Crippen molar-refractivity contribution in [3.8, 4) is 45.2 Å². The highest BCUT2D eigenvalue weighted by Crippen LogP contribution is 2.59. The van der Waals surface area contributed by atoms with Gasteiger partial charge >= 0.3 is 0 Å². The standard InChI is InChI=1S/C37H34/c1-9-10-22-12-14-24-26-18-34-28(20-32(26)36(5,6)30(24)16-22)27-19-31-25(17-33(27)37(34,7)8)23-13-11-21(2)15-29(23)35(31,3)4/h11-20H,1-8H3. The number of hydrogen-bond acceptors (Lipinski definition) is 0. The van der Waals surface area contributed by atoms with E-state index in [-0.39, 0.29) is 16.2 Å². The molecule has 37 heavy (non-hydrogen) atoms. The largest absolute Gasteiger partial charge is 0.101 e. The fraction of sp³-hybridized carbons (Fsp3) is 0.297. The van der Waals surface area contributed by atoms with E-state index >= 15 is 0 Å². The summed E-state index contributed by atoms with van der Waals surface area (Å²) in [5, 5.41) is 0. The Kier molecular flexibility index (Phi) is 4.19. The van der Waals surface area contributed by atoms with Gasteiger partial charge in [-0.05, 0) is 117 Å². The number of hydrogen-bond donors (Lipinski definition) is 0. The molecule has 3 aliphatic carbocycles. The lowest BCUT2D eigenvalue weighted by Crippen LogP contribution is -2.17. The molecule has 0 aliphatic heterocycles. The molecule has 0 saturated heterocycles. The van der Waals surface area contributed by atoms with E-state index in [1.165, 1.54) is 72.3 Å². The summed E-state index contributed by atoms with van der Waals surface area (Å²) in [6.07, 6.45) is 0. The van der Waals surface area contributed by atoms with Crippen LogP contribution in [0.4, 0.5) is 0 Å². The summed E-state index contributed by atoms with van der Waals surface area (Å²) in [5.41, 5.74) is 19.4. The van der Waals surface area contributed by atoms with Gasteiger partial charge in [0.05, 0.1) is 0 Å². The monoisotopic (exact) mass is 478 g/mol. The topological polar surface area (TPSA) is 0 Å². The van der Waals surface area contributed by atoms with Gasteiger partial charge < -0.3 is 0 Å². The van der Waals surface area contributed by atoms with Crippen LogP contribution < -0.4 is 0 Å². The van der Waals surface area contributed by atoms with E-state index in [9.17, 15) is 0 Å². The van der Waals surface area contributed by atoms with Crippen molar-refractivity contribution < 1.29 is 0 Å². The number of rotatable bonds is 0. The van der Waals surface area contributed by atoms with Gasteiger partial charge in [0.1, 0.15) is 0 Å². The average Bonchev–Trinajstić information content (AvgIpc) is 3.31. The average molecular weight is 479 g/mol. The van der Waals surface area contributed by atoms with Gasteiger partial charge in [0, 0.05) is 21.8 Å². The highest BCUT2D eigenvalue weighted by atomic mass is 14.5. The van der Waals surface area contributed by atoms with E-state index in [4.69, 9.17) is 0 Å². The Morgan fingerprint density at radius 3 is 1.30 bits per heavy atom. The van der Waals surface area contributed by atoms with Crippen molar-refractivity contribution in [1.29, 1.82) is 0 Å². The van der Waals surface area contributed by atoms with E-state index in [2.05, 4.69) is 121 Å². The first-order chi connectivity index (χ1) is 17.5. The summed E-state index contributed by atoms with van der Waals surface area (Å²) in [5.74, 6) is 6.33. The quantitative estimate of drug-likeness (QED) is 0.221. The van der Waals surface area contributed by atoms with Crippen LogP contribution >= 0.6 is 0 Å². The summed E-state index contributed by atoms with van der Waals surface area (Å²) in [6.45, 7) is 18.5. The Labute approximate surface area is 221 Å². The summed E-state index contributed by atoms with van der Waals surface area (Å²) in [7, 11) is 0. The molecule has 0 N–H and O–H groups in total. The van der Waals surface area contributed by atoms with Gasteiger partial charge in [0.25, 0.3) is 0 Å². The smallest absolute Gasteiger partial charge is 0.0248 e. The first-order valence-corrected chi connectivity index (χ1v) is 13.5. The van der Waals surface area contributed by atoms with Crippen molar-refractivity contribution in [2.75, 3.05) is 0 Å². The molecule has 0 aromatic heterocycles. The first kappa shape index (κ1) is 22.6. The minimum absolute atomic E-state index is 0.00155. The lowest BCUT2D eigenvalue weighted by molar-refractivity contribution is 0.649. The molecule has 0 bridgehead atoms. The molecular weight excluding hydrogens is 444 g/mol. The van der Waals surface area contributed by atoms with E-state index in [0.717, 1.165) is 5.56 Å². The molecule has 0 heterocycles. The molecule has 0 saturated carbocycles. The second-order valence-corrected chi connectivity index (χ2v) is 12.9. The number of aryl methyl sites for hydroxylation is 1. The van der Waals surface area contributed by atoms with E-state index in [0.29, 0.717) is 0 Å². The van der Waals surface area contributed by atoms with Crippen LogP contribution in [0.15, 0.2) is 60.7 Å². The Bertz CT molecular complexity index is 1760. The van der Waals surface area contributed by atoms with Crippen LogP contribution in [0.5, 0.6) is 0 Å². The third kappa shape index (κ3) is 2.70. The maximum absolute atomic E-state index is 3.27. The molecule has 3 aliphatic rings. The molecule has 0 unspecified atom stereocenters. The Hall–Kier alpha value is -3.56. The maximum atomic E-state index is 3.27. The third-order valence-electron chi connectivity index (χ3n) is 9.69. The molecule has 0 amide bonds. The number of fused-ring (bicyclic) bond motifs is 9. The molecule has 0 nitrogen and oxygen atoms in total. The Balaban J connectivity index is 1.47. The van der Waals surface area contributed by atoms with Crippen molar-refractivity contribution in [3.05, 3.63) is 105 Å². The predicted octanol–water partition coefficient (Wildman–Crippen LogP) is 9.29. The van der Waals surface area contributed by atoms with Crippen LogP contribution in [0, 0.1) is 18.8 Å². The fourth-order valence-corrected chi connectivity index (χ4v) is 7.52. The molecule has 0 heteroatoms. The highest BCUT2D eigenvalue weighted by Gasteiger charge is 2.44. The van der Waals surface area contributed by atoms with Gasteiger partial charge in [-0.3, -0.25) is 0 Å². The molecule has 0 atom stereocenters.